The number of hydrogen-bond donors (Lipinski definition) is 2. The Morgan fingerprint density at radius 2 is 1.75 bits per heavy atom. The number of furan rings is 1. The van der Waals surface area contributed by atoms with Crippen molar-refractivity contribution in [2.75, 3.05) is 11.9 Å². The minimum atomic E-state index is -0.585. The summed E-state index contributed by atoms with van der Waals surface area (Å²) in [6.07, 6.45) is 4.47. The quantitative estimate of drug-likeness (QED) is 0.718. The zero-order valence-electron chi connectivity index (χ0n) is 15.5. The second-order valence-electron chi connectivity index (χ2n) is 6.75. The fourth-order valence-corrected chi connectivity index (χ4v) is 3.67. The van der Waals surface area contributed by atoms with Gasteiger partial charge in [0.15, 0.2) is 0 Å². The first-order chi connectivity index (χ1) is 13.7. The number of rotatable bonds is 7. The van der Waals surface area contributed by atoms with Gasteiger partial charge in [0, 0.05) is 5.69 Å². The third-order valence-electron chi connectivity index (χ3n) is 4.95. The Bertz CT molecular complexity index is 859. The largest absolute Gasteiger partial charge is 0.494 e. The summed E-state index contributed by atoms with van der Waals surface area (Å²) < 4.78 is 16.4. The second kappa shape index (κ2) is 7.90. The molecule has 7 nitrogen and oxygen atoms in total. The molecule has 0 saturated carbocycles. The van der Waals surface area contributed by atoms with Crippen molar-refractivity contribution in [2.24, 2.45) is 11.8 Å². The van der Waals surface area contributed by atoms with Crippen LogP contribution in [0.4, 0.5) is 5.69 Å². The van der Waals surface area contributed by atoms with Gasteiger partial charge >= 0.3 is 0 Å². The van der Waals surface area contributed by atoms with E-state index in [4.69, 9.17) is 13.9 Å². The molecule has 1 saturated heterocycles. The molecule has 2 aliphatic heterocycles. The highest BCUT2D eigenvalue weighted by Gasteiger charge is 2.52. The molecule has 1 fully saturated rings. The first kappa shape index (κ1) is 18.3. The topological polar surface area (TPSA) is 89.8 Å². The lowest BCUT2D eigenvalue weighted by Gasteiger charge is -2.23. The van der Waals surface area contributed by atoms with Crippen LogP contribution in [0.5, 0.6) is 5.75 Å². The molecule has 2 bridgehead atoms. The fourth-order valence-electron chi connectivity index (χ4n) is 3.67. The number of hydrogen-bond acceptors (Lipinski definition) is 5. The van der Waals surface area contributed by atoms with Crippen molar-refractivity contribution in [2.45, 2.75) is 25.7 Å². The molecule has 4 unspecified atom stereocenters. The molecule has 4 atom stereocenters. The molecule has 2 aromatic rings. The number of fused-ring (bicyclic) bond motifs is 2. The molecule has 7 heteroatoms. The van der Waals surface area contributed by atoms with E-state index in [1.807, 2.05) is 19.1 Å². The monoisotopic (exact) mass is 382 g/mol. The van der Waals surface area contributed by atoms with E-state index in [0.29, 0.717) is 18.1 Å². The highest BCUT2D eigenvalue weighted by molar-refractivity contribution is 5.97. The standard InChI is InChI=1S/C21H22N2O5/c1-2-26-14-7-5-13(6-8-14)23-21(25)19-17-10-9-16(28-17)18(19)20(24)22-12-15-4-3-11-27-15/h3-11,16-19H,2,12H2,1H3,(H,22,24)(H,23,25). The maximum Gasteiger partial charge on any atom is 0.231 e. The van der Waals surface area contributed by atoms with E-state index in [-0.39, 0.29) is 18.4 Å². The van der Waals surface area contributed by atoms with Gasteiger partial charge in [-0.3, -0.25) is 9.59 Å². The van der Waals surface area contributed by atoms with Crippen LogP contribution < -0.4 is 15.4 Å². The second-order valence-corrected chi connectivity index (χ2v) is 6.75. The number of benzene rings is 1. The summed E-state index contributed by atoms with van der Waals surface area (Å²) in [5.41, 5.74) is 0.648. The van der Waals surface area contributed by atoms with Crippen LogP contribution in [0.1, 0.15) is 12.7 Å². The fraction of sp³-hybridized carbons (Fsp3) is 0.333. The Kier molecular flexibility index (Phi) is 5.16. The summed E-state index contributed by atoms with van der Waals surface area (Å²) in [6.45, 7) is 2.77. The van der Waals surface area contributed by atoms with Crippen LogP contribution in [0.2, 0.25) is 0 Å². The summed E-state index contributed by atoms with van der Waals surface area (Å²) in [7, 11) is 0. The molecule has 2 aliphatic rings. The van der Waals surface area contributed by atoms with Gasteiger partial charge in [0.2, 0.25) is 11.8 Å². The first-order valence-corrected chi connectivity index (χ1v) is 9.33. The Labute approximate surface area is 162 Å². The van der Waals surface area contributed by atoms with Gasteiger partial charge in [0.25, 0.3) is 0 Å². The summed E-state index contributed by atoms with van der Waals surface area (Å²) in [4.78, 5) is 25.7. The molecular formula is C21H22N2O5. The van der Waals surface area contributed by atoms with Crippen LogP contribution in [0, 0.1) is 11.8 Å². The van der Waals surface area contributed by atoms with Crippen molar-refractivity contribution >= 4 is 17.5 Å². The Balaban J connectivity index is 1.43. The summed E-state index contributed by atoms with van der Waals surface area (Å²) in [6, 6.07) is 10.7. The van der Waals surface area contributed by atoms with Crippen LogP contribution in [-0.2, 0) is 20.9 Å². The van der Waals surface area contributed by atoms with Crippen molar-refractivity contribution < 1.29 is 23.5 Å². The third-order valence-corrected chi connectivity index (χ3v) is 4.95. The average molecular weight is 382 g/mol. The van der Waals surface area contributed by atoms with E-state index in [1.165, 1.54) is 0 Å². The van der Waals surface area contributed by atoms with Crippen molar-refractivity contribution in [3.8, 4) is 5.75 Å². The number of amides is 2. The molecule has 4 rings (SSSR count). The van der Waals surface area contributed by atoms with Crippen molar-refractivity contribution in [3.05, 3.63) is 60.6 Å². The Morgan fingerprint density at radius 1 is 1.04 bits per heavy atom. The first-order valence-electron chi connectivity index (χ1n) is 9.33. The molecule has 0 spiro atoms. The van der Waals surface area contributed by atoms with Gasteiger partial charge in [-0.1, -0.05) is 12.2 Å². The van der Waals surface area contributed by atoms with Crippen LogP contribution >= 0.6 is 0 Å². The average Bonchev–Trinajstić information content (AvgIpc) is 3.45. The molecule has 0 aliphatic carbocycles. The van der Waals surface area contributed by atoms with Gasteiger partial charge in [-0.05, 0) is 43.3 Å². The smallest absolute Gasteiger partial charge is 0.231 e. The number of ether oxygens (including phenoxy) is 2. The zero-order chi connectivity index (χ0) is 19.5. The van der Waals surface area contributed by atoms with E-state index in [9.17, 15) is 9.59 Å². The molecule has 3 heterocycles. The van der Waals surface area contributed by atoms with E-state index in [0.717, 1.165) is 5.75 Å². The van der Waals surface area contributed by atoms with Gasteiger partial charge in [0.1, 0.15) is 11.5 Å². The lowest BCUT2D eigenvalue weighted by atomic mass is 9.81. The Hall–Kier alpha value is -3.06. The lowest BCUT2D eigenvalue weighted by Crippen LogP contribution is -2.44. The maximum absolute atomic E-state index is 12.9. The van der Waals surface area contributed by atoms with Gasteiger partial charge in [-0.25, -0.2) is 0 Å². The van der Waals surface area contributed by atoms with Crippen molar-refractivity contribution in [1.82, 2.24) is 5.32 Å². The van der Waals surface area contributed by atoms with E-state index in [1.54, 1.807) is 42.7 Å². The van der Waals surface area contributed by atoms with E-state index in [2.05, 4.69) is 10.6 Å². The lowest BCUT2D eigenvalue weighted by molar-refractivity contribution is -0.131. The minimum Gasteiger partial charge on any atom is -0.494 e. The van der Waals surface area contributed by atoms with Gasteiger partial charge < -0.3 is 24.5 Å². The summed E-state index contributed by atoms with van der Waals surface area (Å²) in [5.74, 6) is -0.227. The Morgan fingerprint density at radius 3 is 2.39 bits per heavy atom. The number of carbonyl (C=O) groups is 2. The van der Waals surface area contributed by atoms with E-state index >= 15 is 0 Å². The maximum atomic E-state index is 12.9. The summed E-state index contributed by atoms with van der Waals surface area (Å²) >= 11 is 0. The molecule has 1 aromatic carbocycles. The van der Waals surface area contributed by atoms with Crippen LogP contribution in [0.25, 0.3) is 0 Å². The molecule has 146 valence electrons. The highest BCUT2D eigenvalue weighted by Crippen LogP contribution is 2.40. The predicted molar refractivity (Wildman–Crippen MR) is 102 cm³/mol. The summed E-state index contributed by atoms with van der Waals surface area (Å²) in [5, 5.41) is 5.72. The molecule has 0 radical (unpaired) electrons. The van der Waals surface area contributed by atoms with Gasteiger partial charge in [-0.15, -0.1) is 0 Å². The molecule has 1 aromatic heterocycles. The van der Waals surface area contributed by atoms with Crippen LogP contribution in [0.15, 0.2) is 59.2 Å². The predicted octanol–water partition coefficient (Wildman–Crippen LogP) is 2.50. The van der Waals surface area contributed by atoms with Crippen LogP contribution in [-0.4, -0.2) is 30.6 Å². The zero-order valence-corrected chi connectivity index (χ0v) is 15.5. The highest BCUT2D eigenvalue weighted by atomic mass is 16.5. The van der Waals surface area contributed by atoms with Gasteiger partial charge in [-0.2, -0.15) is 0 Å². The minimum absolute atomic E-state index is 0.222. The number of carbonyl (C=O) groups excluding carboxylic acids is 2. The van der Waals surface area contributed by atoms with E-state index < -0.39 is 24.0 Å². The van der Waals surface area contributed by atoms with Crippen LogP contribution in [0.3, 0.4) is 0 Å². The normalized spacial score (nSPS) is 24.9. The third kappa shape index (κ3) is 3.66. The molecule has 28 heavy (non-hydrogen) atoms. The molecular weight excluding hydrogens is 360 g/mol. The van der Waals surface area contributed by atoms with Crippen molar-refractivity contribution in [3.63, 3.8) is 0 Å². The van der Waals surface area contributed by atoms with Gasteiger partial charge in [0.05, 0.1) is 43.5 Å². The van der Waals surface area contributed by atoms with Crippen molar-refractivity contribution in [1.29, 1.82) is 0 Å². The SMILES string of the molecule is CCOc1ccc(NC(=O)C2C3C=CC(O3)C2C(=O)NCc2ccco2)cc1. The number of anilines is 1. The molecule has 2 amide bonds. The number of nitrogens with one attached hydrogen (secondary N) is 2. The molecule has 2 N–H and O–H groups in total.